The Morgan fingerprint density at radius 1 is 1.38 bits per heavy atom. The van der Waals surface area contributed by atoms with Gasteiger partial charge >= 0.3 is 6.18 Å². The molecule has 9 heteroatoms. The maximum Gasteiger partial charge on any atom is 0.418 e. The Morgan fingerprint density at radius 3 is 2.71 bits per heavy atom. The number of nitrogen functional groups attached to an aromatic ring is 1. The van der Waals surface area contributed by atoms with Crippen molar-refractivity contribution in [2.24, 2.45) is 5.84 Å². The van der Waals surface area contributed by atoms with Gasteiger partial charge in [-0.15, -0.1) is 0 Å². The van der Waals surface area contributed by atoms with Gasteiger partial charge in [0.15, 0.2) is 0 Å². The number of hydrogen-bond acceptors (Lipinski definition) is 4. The number of nitrogens with one attached hydrogen (secondary N) is 3. The number of hydrazine groups is 1. The number of H-pyrrole nitrogens is 1. The number of amides is 1. The molecule has 0 fully saturated rings. The van der Waals surface area contributed by atoms with Crippen LogP contribution in [0.4, 0.5) is 18.9 Å². The minimum absolute atomic E-state index is 0.0874. The van der Waals surface area contributed by atoms with Crippen LogP contribution < -0.4 is 16.6 Å². The summed E-state index contributed by atoms with van der Waals surface area (Å²) in [7, 11) is 0. The van der Waals surface area contributed by atoms with Crippen molar-refractivity contribution in [2.45, 2.75) is 12.7 Å². The second-order valence-electron chi connectivity index (χ2n) is 4.12. The number of imidazole rings is 1. The quantitative estimate of drug-likeness (QED) is 0.510. The third-order valence-corrected chi connectivity index (χ3v) is 2.71. The first-order valence-corrected chi connectivity index (χ1v) is 5.86. The van der Waals surface area contributed by atoms with E-state index in [1.165, 1.54) is 12.3 Å². The van der Waals surface area contributed by atoms with E-state index in [-0.39, 0.29) is 17.8 Å². The van der Waals surface area contributed by atoms with E-state index in [1.54, 1.807) is 6.20 Å². The number of aromatic amines is 1. The Morgan fingerprint density at radius 2 is 2.14 bits per heavy atom. The standard InChI is InChI=1S/C12H12F3N5O/c13-12(14,15)8-5-7(1-2-9(8)20-16)11(21)19-6-10-17-3-4-18-10/h1-5,20H,6,16H2,(H,17,18)(H,19,21). The Balaban J connectivity index is 2.17. The number of rotatable bonds is 4. The van der Waals surface area contributed by atoms with E-state index in [0.717, 1.165) is 12.1 Å². The molecule has 21 heavy (non-hydrogen) atoms. The average molecular weight is 299 g/mol. The second kappa shape index (κ2) is 5.83. The monoisotopic (exact) mass is 299 g/mol. The molecule has 0 aliphatic rings. The zero-order chi connectivity index (χ0) is 15.5. The number of halogens is 3. The molecule has 1 aromatic carbocycles. The van der Waals surface area contributed by atoms with E-state index in [4.69, 9.17) is 5.84 Å². The Hall–Kier alpha value is -2.55. The number of hydrogen-bond donors (Lipinski definition) is 4. The molecule has 0 aliphatic heterocycles. The highest BCUT2D eigenvalue weighted by atomic mass is 19.4. The highest BCUT2D eigenvalue weighted by Crippen LogP contribution is 2.35. The van der Waals surface area contributed by atoms with Crippen LogP contribution in [0.3, 0.4) is 0 Å². The fourth-order valence-corrected chi connectivity index (χ4v) is 1.71. The number of anilines is 1. The summed E-state index contributed by atoms with van der Waals surface area (Å²) in [5, 5.41) is 2.47. The predicted octanol–water partition coefficient (Wildman–Crippen LogP) is 1.64. The van der Waals surface area contributed by atoms with Crippen LogP contribution >= 0.6 is 0 Å². The summed E-state index contributed by atoms with van der Waals surface area (Å²) in [4.78, 5) is 18.5. The van der Waals surface area contributed by atoms with Gasteiger partial charge in [0, 0.05) is 18.0 Å². The number of carbonyl (C=O) groups is 1. The molecule has 112 valence electrons. The molecular formula is C12H12F3N5O. The fourth-order valence-electron chi connectivity index (χ4n) is 1.71. The molecular weight excluding hydrogens is 287 g/mol. The summed E-state index contributed by atoms with van der Waals surface area (Å²) < 4.78 is 38.5. The lowest BCUT2D eigenvalue weighted by atomic mass is 10.1. The molecule has 0 bridgehead atoms. The average Bonchev–Trinajstić information content (AvgIpc) is 2.96. The number of alkyl halides is 3. The molecule has 1 heterocycles. The number of aromatic nitrogens is 2. The highest BCUT2D eigenvalue weighted by molar-refractivity contribution is 5.94. The smallest absolute Gasteiger partial charge is 0.347 e. The molecule has 1 aromatic heterocycles. The second-order valence-corrected chi connectivity index (χ2v) is 4.12. The number of nitrogens with two attached hydrogens (primary N) is 1. The Bertz CT molecular complexity index is 624. The fraction of sp³-hybridized carbons (Fsp3) is 0.167. The van der Waals surface area contributed by atoms with Crippen molar-refractivity contribution < 1.29 is 18.0 Å². The topological polar surface area (TPSA) is 95.8 Å². The van der Waals surface area contributed by atoms with Crippen molar-refractivity contribution >= 4 is 11.6 Å². The van der Waals surface area contributed by atoms with Gasteiger partial charge in [-0.05, 0) is 18.2 Å². The van der Waals surface area contributed by atoms with Gasteiger partial charge in [-0.3, -0.25) is 10.6 Å². The molecule has 6 nitrogen and oxygen atoms in total. The van der Waals surface area contributed by atoms with Crippen LogP contribution in [0.25, 0.3) is 0 Å². The first kappa shape index (κ1) is 14.9. The molecule has 0 atom stereocenters. The zero-order valence-electron chi connectivity index (χ0n) is 10.7. The van der Waals surface area contributed by atoms with E-state index in [2.05, 4.69) is 15.3 Å². The van der Waals surface area contributed by atoms with E-state index in [1.807, 2.05) is 5.43 Å². The number of benzene rings is 1. The summed E-state index contributed by atoms with van der Waals surface area (Å²) in [5.41, 5.74) is 0.533. The first-order chi connectivity index (χ1) is 9.91. The molecule has 0 saturated heterocycles. The third-order valence-electron chi connectivity index (χ3n) is 2.71. The highest BCUT2D eigenvalue weighted by Gasteiger charge is 2.34. The molecule has 5 N–H and O–H groups in total. The minimum atomic E-state index is -4.61. The van der Waals surface area contributed by atoms with Gasteiger partial charge in [0.05, 0.1) is 17.8 Å². The van der Waals surface area contributed by atoms with Crippen LogP contribution in [0.5, 0.6) is 0 Å². The summed E-state index contributed by atoms with van der Waals surface area (Å²) in [5.74, 6) is 4.89. The normalized spacial score (nSPS) is 11.2. The Labute approximate surface area is 117 Å². The van der Waals surface area contributed by atoms with E-state index < -0.39 is 17.6 Å². The van der Waals surface area contributed by atoms with Gasteiger partial charge in [-0.2, -0.15) is 13.2 Å². The molecule has 1 amide bonds. The Kier molecular flexibility index (Phi) is 4.13. The molecule has 0 saturated carbocycles. The van der Waals surface area contributed by atoms with Crippen LogP contribution in [0, 0.1) is 0 Å². The third kappa shape index (κ3) is 3.51. The van der Waals surface area contributed by atoms with E-state index in [9.17, 15) is 18.0 Å². The number of carbonyl (C=O) groups excluding carboxylic acids is 1. The summed E-state index contributed by atoms with van der Waals surface area (Å²) >= 11 is 0. The van der Waals surface area contributed by atoms with Crippen molar-refractivity contribution in [2.75, 3.05) is 5.43 Å². The molecule has 0 spiro atoms. The molecule has 0 aliphatic carbocycles. The van der Waals surface area contributed by atoms with Crippen molar-refractivity contribution in [1.29, 1.82) is 0 Å². The lowest BCUT2D eigenvalue weighted by Gasteiger charge is -2.13. The predicted molar refractivity (Wildman–Crippen MR) is 69.0 cm³/mol. The van der Waals surface area contributed by atoms with E-state index in [0.29, 0.717) is 5.82 Å². The molecule has 2 aromatic rings. The lowest BCUT2D eigenvalue weighted by molar-refractivity contribution is -0.137. The van der Waals surface area contributed by atoms with Crippen LogP contribution in [-0.4, -0.2) is 15.9 Å². The van der Waals surface area contributed by atoms with Crippen molar-refractivity contribution in [3.8, 4) is 0 Å². The first-order valence-electron chi connectivity index (χ1n) is 5.86. The lowest BCUT2D eigenvalue weighted by Crippen LogP contribution is -2.24. The summed E-state index contributed by atoms with van der Waals surface area (Å²) in [6.45, 7) is 0.0874. The van der Waals surface area contributed by atoms with Gasteiger partial charge in [0.2, 0.25) is 0 Å². The maximum atomic E-state index is 12.8. The van der Waals surface area contributed by atoms with Crippen molar-refractivity contribution in [3.05, 3.63) is 47.5 Å². The van der Waals surface area contributed by atoms with Crippen LogP contribution in [0.15, 0.2) is 30.6 Å². The van der Waals surface area contributed by atoms with Gasteiger partial charge in [-0.25, -0.2) is 4.98 Å². The minimum Gasteiger partial charge on any atom is -0.347 e. The van der Waals surface area contributed by atoms with Crippen molar-refractivity contribution in [3.63, 3.8) is 0 Å². The SMILES string of the molecule is NNc1ccc(C(=O)NCc2ncc[nH]2)cc1C(F)(F)F. The molecule has 2 rings (SSSR count). The van der Waals surface area contributed by atoms with Crippen LogP contribution in [0.1, 0.15) is 21.7 Å². The number of nitrogens with zero attached hydrogens (tertiary/aromatic N) is 1. The van der Waals surface area contributed by atoms with Gasteiger partial charge in [0.1, 0.15) is 5.82 Å². The zero-order valence-corrected chi connectivity index (χ0v) is 10.7. The van der Waals surface area contributed by atoms with Gasteiger partial charge in [-0.1, -0.05) is 0 Å². The van der Waals surface area contributed by atoms with Crippen LogP contribution in [0.2, 0.25) is 0 Å². The summed E-state index contributed by atoms with van der Waals surface area (Å²) in [6, 6.07) is 3.10. The molecule has 0 radical (unpaired) electrons. The van der Waals surface area contributed by atoms with E-state index >= 15 is 0 Å². The van der Waals surface area contributed by atoms with Gasteiger partial charge < -0.3 is 15.7 Å². The summed E-state index contributed by atoms with van der Waals surface area (Å²) in [6.07, 6.45) is -1.53. The largest absolute Gasteiger partial charge is 0.418 e. The van der Waals surface area contributed by atoms with Crippen molar-refractivity contribution in [1.82, 2.24) is 15.3 Å². The molecule has 0 unspecified atom stereocenters. The van der Waals surface area contributed by atoms with Gasteiger partial charge in [0.25, 0.3) is 5.91 Å². The maximum absolute atomic E-state index is 12.8. The van der Waals surface area contributed by atoms with Crippen LogP contribution in [-0.2, 0) is 12.7 Å².